The Labute approximate surface area is 230 Å². The minimum Gasteiger partial charge on any atom is -0.493 e. The van der Waals surface area contributed by atoms with Crippen LogP contribution in [0, 0.1) is 11.6 Å². The molecule has 39 heavy (non-hydrogen) atoms. The highest BCUT2D eigenvalue weighted by Gasteiger charge is 2.47. The maximum atomic E-state index is 15.2. The van der Waals surface area contributed by atoms with Crippen LogP contribution in [0.3, 0.4) is 0 Å². The van der Waals surface area contributed by atoms with Gasteiger partial charge < -0.3 is 14.8 Å². The number of methoxy groups -OCH3 is 1. The summed E-state index contributed by atoms with van der Waals surface area (Å²) in [5, 5.41) is 2.21. The van der Waals surface area contributed by atoms with E-state index in [1.807, 2.05) is 0 Å². The molecule has 0 radical (unpaired) electrons. The van der Waals surface area contributed by atoms with Crippen LogP contribution in [-0.2, 0) is 21.1 Å². The molecule has 1 N–H and O–H groups in total. The quantitative estimate of drug-likeness (QED) is 0.291. The molecule has 1 atom stereocenters. The van der Waals surface area contributed by atoms with Crippen molar-refractivity contribution in [2.75, 3.05) is 36.9 Å². The van der Waals surface area contributed by atoms with Crippen LogP contribution < -0.4 is 14.8 Å². The zero-order valence-electron chi connectivity index (χ0n) is 21.9. The van der Waals surface area contributed by atoms with E-state index in [1.54, 1.807) is 6.92 Å². The molecule has 0 fully saturated rings. The summed E-state index contributed by atoms with van der Waals surface area (Å²) in [5.74, 6) is -5.65. The highest BCUT2D eigenvalue weighted by atomic mass is 35.5. The number of halogens is 3. The Bertz CT molecular complexity index is 1420. The lowest BCUT2D eigenvalue weighted by atomic mass is 9.97. The van der Waals surface area contributed by atoms with Crippen molar-refractivity contribution < 1.29 is 41.1 Å². The number of sulfone groups is 1. The van der Waals surface area contributed by atoms with Gasteiger partial charge in [0.25, 0.3) is 11.8 Å². The van der Waals surface area contributed by atoms with Crippen molar-refractivity contribution in [2.45, 2.75) is 39.2 Å². The lowest BCUT2D eigenvalue weighted by Gasteiger charge is -2.27. The molecule has 1 aliphatic heterocycles. The van der Waals surface area contributed by atoms with Crippen molar-refractivity contribution in [1.29, 1.82) is 0 Å². The fourth-order valence-corrected chi connectivity index (χ4v) is 5.51. The van der Waals surface area contributed by atoms with Crippen molar-refractivity contribution in [3.8, 4) is 11.5 Å². The highest BCUT2D eigenvalue weighted by Crippen LogP contribution is 2.42. The first-order valence-electron chi connectivity index (χ1n) is 12.2. The first-order valence-corrected chi connectivity index (χ1v) is 14.7. The maximum Gasteiger partial charge on any atom is 0.264 e. The van der Waals surface area contributed by atoms with Crippen molar-refractivity contribution in [1.82, 2.24) is 4.90 Å². The number of nitrogens with zero attached hydrogens (tertiary/aromatic N) is 1. The molecule has 0 saturated heterocycles. The molecular formula is C26H29ClF2N2O7S. The van der Waals surface area contributed by atoms with Gasteiger partial charge in [-0.15, -0.1) is 11.6 Å². The molecule has 1 aliphatic rings. The molecule has 9 nitrogen and oxygen atoms in total. The third kappa shape index (κ3) is 6.17. The second-order valence-electron chi connectivity index (χ2n) is 8.86. The van der Waals surface area contributed by atoms with Gasteiger partial charge in [0, 0.05) is 24.1 Å². The number of imide groups is 1. The van der Waals surface area contributed by atoms with E-state index in [1.165, 1.54) is 32.2 Å². The van der Waals surface area contributed by atoms with Gasteiger partial charge in [-0.3, -0.25) is 19.3 Å². The minimum atomic E-state index is -3.80. The lowest BCUT2D eigenvalue weighted by molar-refractivity contribution is -0.116. The van der Waals surface area contributed by atoms with Gasteiger partial charge in [0.2, 0.25) is 5.91 Å². The van der Waals surface area contributed by atoms with E-state index in [0.717, 1.165) is 6.26 Å². The normalized spacial score (nSPS) is 13.9. The molecule has 212 valence electrons. The smallest absolute Gasteiger partial charge is 0.264 e. The highest BCUT2D eigenvalue weighted by molar-refractivity contribution is 7.90. The number of carbonyl (C=O) groups is 3. The Kier molecular flexibility index (Phi) is 9.55. The fraction of sp³-hybridized carbons (Fsp3) is 0.423. The first kappa shape index (κ1) is 30.3. The molecule has 3 rings (SSSR count). The van der Waals surface area contributed by atoms with Crippen LogP contribution >= 0.6 is 11.6 Å². The van der Waals surface area contributed by atoms with Crippen LogP contribution in [0.2, 0.25) is 0 Å². The van der Waals surface area contributed by atoms with Crippen LogP contribution in [0.15, 0.2) is 18.2 Å². The average Bonchev–Trinajstić information content (AvgIpc) is 3.13. The molecule has 2 aromatic rings. The van der Waals surface area contributed by atoms with E-state index in [-0.39, 0.29) is 48.6 Å². The Balaban J connectivity index is 2.23. The zero-order valence-corrected chi connectivity index (χ0v) is 23.5. The molecule has 1 heterocycles. The fourth-order valence-electron chi connectivity index (χ4n) is 4.46. The average molecular weight is 587 g/mol. The zero-order chi connectivity index (χ0) is 29.1. The molecule has 0 aromatic heterocycles. The van der Waals surface area contributed by atoms with E-state index in [4.69, 9.17) is 21.1 Å². The number of hydrogen-bond donors (Lipinski definition) is 1. The van der Waals surface area contributed by atoms with E-state index >= 15 is 8.78 Å². The molecule has 2 aromatic carbocycles. The van der Waals surface area contributed by atoms with E-state index < -0.39 is 67.8 Å². The molecule has 0 bridgehead atoms. The number of anilines is 1. The molecule has 13 heteroatoms. The standard InChI is InChI=1S/C26H29ClF2N2O7S/c1-5-15-20-21(24(23(29)22(15)28)30-19(32)8-7-11-27)26(34)31(25(20)33)16(13-39(4,35)36)14-9-10-17(37-3)18(12-14)38-6-2/h9-10,12,16H,5-8,11,13H2,1-4H3,(H,30,32)/t16-/m1/s1. The Morgan fingerprint density at radius 3 is 2.33 bits per heavy atom. The summed E-state index contributed by atoms with van der Waals surface area (Å²) in [4.78, 5) is 40.6. The summed E-state index contributed by atoms with van der Waals surface area (Å²) >= 11 is 5.61. The Morgan fingerprint density at radius 1 is 1.10 bits per heavy atom. The van der Waals surface area contributed by atoms with Gasteiger partial charge in [0.15, 0.2) is 23.1 Å². The Morgan fingerprint density at radius 2 is 1.77 bits per heavy atom. The predicted molar refractivity (Wildman–Crippen MR) is 141 cm³/mol. The van der Waals surface area contributed by atoms with Gasteiger partial charge in [0.1, 0.15) is 9.84 Å². The SMILES string of the molecule is CCOc1cc([C@@H](CS(C)(=O)=O)N2C(=O)c3c(CC)c(F)c(F)c(NC(=O)CCCCl)c3C2=O)ccc1OC. The third-order valence-electron chi connectivity index (χ3n) is 6.14. The topological polar surface area (TPSA) is 119 Å². The third-order valence-corrected chi connectivity index (χ3v) is 7.33. The van der Waals surface area contributed by atoms with Crippen LogP contribution in [0.25, 0.3) is 0 Å². The lowest BCUT2D eigenvalue weighted by Crippen LogP contribution is -2.38. The summed E-state index contributed by atoms with van der Waals surface area (Å²) in [7, 11) is -2.39. The number of ether oxygens (including phenoxy) is 2. The van der Waals surface area contributed by atoms with Gasteiger partial charge in [0.05, 0.1) is 42.3 Å². The van der Waals surface area contributed by atoms with Crippen LogP contribution in [-0.4, -0.2) is 62.6 Å². The molecule has 0 unspecified atom stereocenters. The van der Waals surface area contributed by atoms with Crippen molar-refractivity contribution in [3.05, 3.63) is 52.1 Å². The number of rotatable bonds is 12. The van der Waals surface area contributed by atoms with Crippen LogP contribution in [0.4, 0.5) is 14.5 Å². The number of benzene rings is 2. The van der Waals surface area contributed by atoms with Crippen molar-refractivity contribution in [3.63, 3.8) is 0 Å². The van der Waals surface area contributed by atoms with Gasteiger partial charge in [-0.1, -0.05) is 13.0 Å². The van der Waals surface area contributed by atoms with Crippen molar-refractivity contribution in [2.24, 2.45) is 0 Å². The van der Waals surface area contributed by atoms with Gasteiger partial charge in [-0.05, 0) is 37.5 Å². The predicted octanol–water partition coefficient (Wildman–Crippen LogP) is 4.27. The summed E-state index contributed by atoms with van der Waals surface area (Å²) in [6, 6.07) is 3.02. The maximum absolute atomic E-state index is 15.2. The second kappa shape index (κ2) is 12.3. The summed E-state index contributed by atoms with van der Waals surface area (Å²) in [6.07, 6.45) is 0.891. The second-order valence-corrected chi connectivity index (χ2v) is 11.4. The number of carbonyl (C=O) groups excluding carboxylic acids is 3. The number of hydrogen-bond acceptors (Lipinski definition) is 7. The molecule has 0 spiro atoms. The number of nitrogens with one attached hydrogen (secondary N) is 1. The van der Waals surface area contributed by atoms with Gasteiger partial charge in [-0.2, -0.15) is 0 Å². The summed E-state index contributed by atoms with van der Waals surface area (Å²) < 4.78 is 66.0. The van der Waals surface area contributed by atoms with Gasteiger partial charge in [-0.25, -0.2) is 17.2 Å². The number of amides is 3. The minimum absolute atomic E-state index is 0.135. The molecular weight excluding hydrogens is 558 g/mol. The van der Waals surface area contributed by atoms with E-state index in [0.29, 0.717) is 10.6 Å². The van der Waals surface area contributed by atoms with E-state index in [2.05, 4.69) is 5.32 Å². The summed E-state index contributed by atoms with van der Waals surface area (Å²) in [5.41, 5.74) is -1.88. The van der Waals surface area contributed by atoms with Crippen LogP contribution in [0.5, 0.6) is 11.5 Å². The molecule has 0 saturated carbocycles. The van der Waals surface area contributed by atoms with Crippen LogP contribution in [0.1, 0.15) is 64.6 Å². The largest absolute Gasteiger partial charge is 0.493 e. The Hall–Kier alpha value is -3.25. The molecule has 3 amide bonds. The molecule has 0 aliphatic carbocycles. The number of fused-ring (bicyclic) bond motifs is 1. The van der Waals surface area contributed by atoms with E-state index in [9.17, 15) is 22.8 Å². The number of alkyl halides is 1. The first-order chi connectivity index (χ1) is 18.4. The van der Waals surface area contributed by atoms with Gasteiger partial charge >= 0.3 is 0 Å². The van der Waals surface area contributed by atoms with Crippen molar-refractivity contribution >= 4 is 44.8 Å². The summed E-state index contributed by atoms with van der Waals surface area (Å²) in [6.45, 7) is 3.44. The monoisotopic (exact) mass is 586 g/mol.